The van der Waals surface area contributed by atoms with Gasteiger partial charge in [0.1, 0.15) is 5.69 Å². The lowest BCUT2D eigenvalue weighted by atomic mass is 10.1. The average Bonchev–Trinajstić information content (AvgIpc) is 3.02. The van der Waals surface area contributed by atoms with Crippen molar-refractivity contribution in [1.82, 2.24) is 0 Å². The number of rotatable bonds is 6. The number of nitrogens with zero attached hydrogens (tertiary/aromatic N) is 2. The highest BCUT2D eigenvalue weighted by molar-refractivity contribution is 5.99. The summed E-state index contributed by atoms with van der Waals surface area (Å²) in [5, 5.41) is 11.5. The van der Waals surface area contributed by atoms with Crippen molar-refractivity contribution in [2.75, 3.05) is 24.6 Å². The summed E-state index contributed by atoms with van der Waals surface area (Å²) in [4.78, 5) is 37.2. The predicted molar refractivity (Wildman–Crippen MR) is 105 cm³/mol. The van der Waals surface area contributed by atoms with E-state index in [1.54, 1.807) is 0 Å². The van der Waals surface area contributed by atoms with Crippen LogP contribution in [0.1, 0.15) is 46.4 Å². The van der Waals surface area contributed by atoms with Crippen molar-refractivity contribution in [2.45, 2.75) is 25.7 Å². The minimum absolute atomic E-state index is 0.0710. The van der Waals surface area contributed by atoms with Crippen LogP contribution >= 0.6 is 0 Å². The van der Waals surface area contributed by atoms with E-state index in [9.17, 15) is 28.5 Å². The Kier molecular flexibility index (Phi) is 6.71. The van der Waals surface area contributed by atoms with E-state index >= 15 is 0 Å². The molecule has 0 saturated carbocycles. The highest BCUT2D eigenvalue weighted by Crippen LogP contribution is 2.31. The summed E-state index contributed by atoms with van der Waals surface area (Å²) < 4.78 is 31.1. The molecule has 30 heavy (non-hydrogen) atoms. The summed E-state index contributed by atoms with van der Waals surface area (Å²) in [6, 6.07) is 6.65. The number of esters is 1. The van der Waals surface area contributed by atoms with Gasteiger partial charge in [-0.2, -0.15) is 0 Å². The van der Waals surface area contributed by atoms with Crippen LogP contribution in [0.3, 0.4) is 0 Å². The van der Waals surface area contributed by atoms with Crippen molar-refractivity contribution in [1.29, 1.82) is 0 Å². The summed E-state index contributed by atoms with van der Waals surface area (Å²) in [6.07, 6.45) is 4.02. The third-order valence-corrected chi connectivity index (χ3v) is 4.93. The minimum Gasteiger partial charge on any atom is -0.454 e. The fourth-order valence-corrected chi connectivity index (χ4v) is 3.34. The van der Waals surface area contributed by atoms with Crippen LogP contribution in [0.15, 0.2) is 36.4 Å². The molecule has 2 aromatic carbocycles. The number of anilines is 1. The van der Waals surface area contributed by atoms with Gasteiger partial charge in [0.05, 0.1) is 10.5 Å². The molecule has 0 amide bonds. The molecule has 1 aliphatic rings. The predicted octanol–water partition coefficient (Wildman–Crippen LogP) is 4.29. The Morgan fingerprint density at radius 3 is 2.27 bits per heavy atom. The number of hydrogen-bond donors (Lipinski definition) is 0. The summed E-state index contributed by atoms with van der Waals surface area (Å²) in [6.45, 7) is 0.701. The van der Waals surface area contributed by atoms with Gasteiger partial charge in [0.15, 0.2) is 24.0 Å². The number of nitro benzene ring substituents is 1. The molecule has 0 unspecified atom stereocenters. The maximum Gasteiger partial charge on any atom is 0.338 e. The van der Waals surface area contributed by atoms with Gasteiger partial charge in [-0.05, 0) is 43.2 Å². The summed E-state index contributed by atoms with van der Waals surface area (Å²) >= 11 is 0. The normalized spacial score (nSPS) is 14.1. The number of nitro groups is 1. The molecule has 1 saturated heterocycles. The van der Waals surface area contributed by atoms with E-state index in [1.807, 2.05) is 4.90 Å². The van der Waals surface area contributed by atoms with Crippen molar-refractivity contribution in [3.8, 4) is 0 Å². The van der Waals surface area contributed by atoms with E-state index in [1.165, 1.54) is 12.1 Å². The number of ether oxygens (including phenoxy) is 1. The highest BCUT2D eigenvalue weighted by atomic mass is 19.2. The SMILES string of the molecule is O=C(COC(=O)c1ccc(N2CCCCCC2)c([N+](=O)[O-])c1)c1ccc(F)c(F)c1. The lowest BCUT2D eigenvalue weighted by molar-refractivity contribution is -0.384. The highest BCUT2D eigenvalue weighted by Gasteiger charge is 2.23. The van der Waals surface area contributed by atoms with E-state index in [0.717, 1.165) is 43.9 Å². The zero-order valence-corrected chi connectivity index (χ0v) is 16.1. The van der Waals surface area contributed by atoms with Gasteiger partial charge < -0.3 is 9.64 Å². The molecule has 0 aromatic heterocycles. The zero-order valence-electron chi connectivity index (χ0n) is 16.1. The van der Waals surface area contributed by atoms with Gasteiger partial charge in [0.2, 0.25) is 0 Å². The van der Waals surface area contributed by atoms with Gasteiger partial charge in [-0.1, -0.05) is 12.8 Å². The van der Waals surface area contributed by atoms with Crippen LogP contribution in [0.5, 0.6) is 0 Å². The van der Waals surface area contributed by atoms with E-state index in [0.29, 0.717) is 24.8 Å². The quantitative estimate of drug-likeness (QED) is 0.301. The first-order chi connectivity index (χ1) is 14.4. The van der Waals surface area contributed by atoms with Crippen molar-refractivity contribution in [3.05, 3.63) is 69.3 Å². The first-order valence-electron chi connectivity index (χ1n) is 9.55. The van der Waals surface area contributed by atoms with Crippen LogP contribution in [0.25, 0.3) is 0 Å². The van der Waals surface area contributed by atoms with Gasteiger partial charge in [0, 0.05) is 24.7 Å². The molecule has 1 aliphatic heterocycles. The van der Waals surface area contributed by atoms with E-state index in [4.69, 9.17) is 4.74 Å². The second-order valence-electron chi connectivity index (χ2n) is 6.99. The van der Waals surface area contributed by atoms with Crippen molar-refractivity contribution >= 4 is 23.1 Å². The van der Waals surface area contributed by atoms with Crippen LogP contribution in [0.2, 0.25) is 0 Å². The molecule has 9 heteroatoms. The van der Waals surface area contributed by atoms with Crippen molar-refractivity contribution in [2.24, 2.45) is 0 Å². The van der Waals surface area contributed by atoms with E-state index in [-0.39, 0.29) is 16.8 Å². The molecule has 0 radical (unpaired) electrons. The lowest BCUT2D eigenvalue weighted by Crippen LogP contribution is -2.25. The van der Waals surface area contributed by atoms with Crippen LogP contribution in [0, 0.1) is 21.7 Å². The smallest absolute Gasteiger partial charge is 0.338 e. The Labute approximate surface area is 171 Å². The molecule has 7 nitrogen and oxygen atoms in total. The van der Waals surface area contributed by atoms with Gasteiger partial charge in [0.25, 0.3) is 5.69 Å². The van der Waals surface area contributed by atoms with Crippen LogP contribution in [-0.4, -0.2) is 36.4 Å². The average molecular weight is 418 g/mol. The van der Waals surface area contributed by atoms with E-state index in [2.05, 4.69) is 0 Å². The Morgan fingerprint density at radius 2 is 1.63 bits per heavy atom. The standard InChI is InChI=1S/C21H20F2N2O5/c22-16-7-5-14(11-17(16)23)20(26)13-30-21(27)15-6-8-18(19(12-15)25(28)29)24-9-3-1-2-4-10-24/h5-8,11-12H,1-4,9-10,13H2. The molecule has 0 N–H and O–H groups in total. The topological polar surface area (TPSA) is 89.8 Å². The minimum atomic E-state index is -1.19. The number of ketones is 1. The number of carbonyl (C=O) groups excluding carboxylic acids is 2. The molecule has 3 rings (SSSR count). The molecule has 0 aliphatic carbocycles. The molecule has 2 aromatic rings. The second-order valence-corrected chi connectivity index (χ2v) is 6.99. The Hall–Kier alpha value is -3.36. The van der Waals surface area contributed by atoms with Gasteiger partial charge in [-0.3, -0.25) is 14.9 Å². The summed E-state index contributed by atoms with van der Waals surface area (Å²) in [5.41, 5.74) is 0.0112. The van der Waals surface area contributed by atoms with E-state index < -0.39 is 34.9 Å². The lowest BCUT2D eigenvalue weighted by Gasteiger charge is -2.22. The first-order valence-corrected chi connectivity index (χ1v) is 9.55. The largest absolute Gasteiger partial charge is 0.454 e. The van der Waals surface area contributed by atoms with Crippen LogP contribution in [0.4, 0.5) is 20.2 Å². The molecular weight excluding hydrogens is 398 g/mol. The number of carbonyl (C=O) groups is 2. The Bertz CT molecular complexity index is 972. The van der Waals surface area contributed by atoms with Crippen molar-refractivity contribution < 1.29 is 28.0 Å². The Balaban J connectivity index is 1.72. The Morgan fingerprint density at radius 1 is 0.967 bits per heavy atom. The monoisotopic (exact) mass is 418 g/mol. The molecule has 0 spiro atoms. The molecule has 0 bridgehead atoms. The number of benzene rings is 2. The molecule has 1 fully saturated rings. The summed E-state index contributed by atoms with van der Waals surface area (Å²) in [5.74, 6) is -3.93. The second kappa shape index (κ2) is 9.43. The third kappa shape index (κ3) is 4.97. The maximum atomic E-state index is 13.2. The number of Topliss-reactive ketones (excluding diaryl/α,β-unsaturated/α-hetero) is 1. The number of hydrogen-bond acceptors (Lipinski definition) is 6. The van der Waals surface area contributed by atoms with Crippen LogP contribution < -0.4 is 4.90 Å². The van der Waals surface area contributed by atoms with Gasteiger partial charge in [-0.25, -0.2) is 13.6 Å². The fraction of sp³-hybridized carbons (Fsp3) is 0.333. The van der Waals surface area contributed by atoms with Crippen molar-refractivity contribution in [3.63, 3.8) is 0 Å². The summed E-state index contributed by atoms with van der Waals surface area (Å²) in [7, 11) is 0. The molecule has 1 heterocycles. The van der Waals surface area contributed by atoms with Crippen LogP contribution in [-0.2, 0) is 4.74 Å². The zero-order chi connectivity index (χ0) is 21.7. The maximum absolute atomic E-state index is 13.2. The molecule has 158 valence electrons. The molecule has 0 atom stereocenters. The fourth-order valence-electron chi connectivity index (χ4n) is 3.34. The third-order valence-electron chi connectivity index (χ3n) is 4.93. The molecular formula is C21H20F2N2O5. The van der Waals surface area contributed by atoms with Gasteiger partial charge >= 0.3 is 5.97 Å². The van der Waals surface area contributed by atoms with Gasteiger partial charge in [-0.15, -0.1) is 0 Å². The first kappa shape index (κ1) is 21.4. The number of halogens is 2.